The molecule has 0 saturated carbocycles. The molecule has 1 heteroatoms. The highest BCUT2D eigenvalue weighted by molar-refractivity contribution is 5.90. The summed E-state index contributed by atoms with van der Waals surface area (Å²) in [5.41, 5.74) is 0.315. The fraction of sp³-hybridized carbons (Fsp3) is 0.0476. The fourth-order valence-electron chi connectivity index (χ4n) is 2.53. The molecule has 1 atom stereocenters. The lowest BCUT2D eigenvalue weighted by atomic mass is 9.93. The minimum atomic E-state index is -1.40. The van der Waals surface area contributed by atoms with Crippen LogP contribution in [0.4, 0.5) is 0 Å². The number of rotatable bonds is 3. The van der Waals surface area contributed by atoms with E-state index < -0.39 is 5.60 Å². The SMILES string of the molecule is C#CC(O)(C=Cc1cccc2ccccc12)c1ccccc1. The van der Waals surface area contributed by atoms with Gasteiger partial charge in [0.15, 0.2) is 5.60 Å². The van der Waals surface area contributed by atoms with E-state index in [9.17, 15) is 5.11 Å². The minimum absolute atomic E-state index is 0.689. The van der Waals surface area contributed by atoms with E-state index >= 15 is 0 Å². The number of aliphatic hydroxyl groups is 1. The van der Waals surface area contributed by atoms with Crippen molar-refractivity contribution in [3.8, 4) is 12.3 Å². The van der Waals surface area contributed by atoms with Crippen molar-refractivity contribution in [3.63, 3.8) is 0 Å². The molecule has 0 bridgehead atoms. The Bertz CT molecular complexity index is 850. The van der Waals surface area contributed by atoms with Gasteiger partial charge >= 0.3 is 0 Å². The van der Waals surface area contributed by atoms with Crippen LogP contribution in [0.5, 0.6) is 0 Å². The zero-order valence-electron chi connectivity index (χ0n) is 12.1. The highest BCUT2D eigenvalue weighted by atomic mass is 16.3. The monoisotopic (exact) mass is 284 g/mol. The third-order valence-electron chi connectivity index (χ3n) is 3.76. The Morgan fingerprint density at radius 3 is 2.32 bits per heavy atom. The molecule has 1 unspecified atom stereocenters. The predicted molar refractivity (Wildman–Crippen MR) is 92.2 cm³/mol. The maximum atomic E-state index is 10.7. The van der Waals surface area contributed by atoms with E-state index in [1.165, 1.54) is 0 Å². The van der Waals surface area contributed by atoms with Crippen molar-refractivity contribution in [2.75, 3.05) is 0 Å². The summed E-state index contributed by atoms with van der Waals surface area (Å²) in [4.78, 5) is 0. The van der Waals surface area contributed by atoms with Gasteiger partial charge in [-0.3, -0.25) is 0 Å². The molecule has 0 aliphatic rings. The van der Waals surface area contributed by atoms with Gasteiger partial charge in [0.05, 0.1) is 0 Å². The summed E-state index contributed by atoms with van der Waals surface area (Å²) in [6.07, 6.45) is 9.12. The summed E-state index contributed by atoms with van der Waals surface area (Å²) >= 11 is 0. The molecule has 3 aromatic rings. The van der Waals surface area contributed by atoms with Gasteiger partial charge in [0.1, 0.15) is 0 Å². The second kappa shape index (κ2) is 5.89. The molecule has 0 fully saturated rings. The molecule has 0 aromatic heterocycles. The summed E-state index contributed by atoms with van der Waals surface area (Å²) in [6, 6.07) is 23.5. The first-order chi connectivity index (χ1) is 10.7. The smallest absolute Gasteiger partial charge is 0.169 e. The molecule has 0 heterocycles. The number of hydrogen-bond donors (Lipinski definition) is 1. The van der Waals surface area contributed by atoms with Crippen LogP contribution in [0, 0.1) is 12.3 Å². The zero-order chi connectivity index (χ0) is 15.4. The first-order valence-electron chi connectivity index (χ1n) is 7.16. The Labute approximate surface area is 130 Å². The van der Waals surface area contributed by atoms with E-state index in [-0.39, 0.29) is 0 Å². The van der Waals surface area contributed by atoms with Crippen LogP contribution < -0.4 is 0 Å². The van der Waals surface area contributed by atoms with Crippen molar-refractivity contribution >= 4 is 16.8 Å². The molecule has 0 aliphatic heterocycles. The molecule has 3 rings (SSSR count). The number of terminal acetylenes is 1. The van der Waals surface area contributed by atoms with Gasteiger partial charge in [-0.2, -0.15) is 0 Å². The largest absolute Gasteiger partial charge is 0.370 e. The van der Waals surface area contributed by atoms with Gasteiger partial charge in [-0.25, -0.2) is 0 Å². The third kappa shape index (κ3) is 2.65. The second-order valence-corrected chi connectivity index (χ2v) is 5.18. The maximum Gasteiger partial charge on any atom is 0.169 e. The Hall–Kier alpha value is -2.82. The maximum absolute atomic E-state index is 10.7. The summed E-state index contributed by atoms with van der Waals surface area (Å²) in [5, 5.41) is 13.0. The lowest BCUT2D eigenvalue weighted by Crippen LogP contribution is -2.19. The van der Waals surface area contributed by atoms with Gasteiger partial charge < -0.3 is 5.11 Å². The number of fused-ring (bicyclic) bond motifs is 1. The normalized spacial score (nSPS) is 13.8. The molecule has 0 radical (unpaired) electrons. The standard InChI is InChI=1S/C21H16O/c1-2-21(22,19-12-4-3-5-13-19)16-15-18-11-8-10-17-9-6-7-14-20(17)18/h1,3-16,22H. The minimum Gasteiger partial charge on any atom is -0.370 e. The summed E-state index contributed by atoms with van der Waals surface area (Å²) in [7, 11) is 0. The highest BCUT2D eigenvalue weighted by Crippen LogP contribution is 2.25. The first-order valence-corrected chi connectivity index (χ1v) is 7.16. The van der Waals surface area contributed by atoms with Gasteiger partial charge in [-0.15, -0.1) is 6.42 Å². The highest BCUT2D eigenvalue weighted by Gasteiger charge is 2.22. The van der Waals surface area contributed by atoms with Crippen molar-refractivity contribution in [2.24, 2.45) is 0 Å². The average Bonchev–Trinajstić information content (AvgIpc) is 2.60. The number of benzene rings is 3. The van der Waals surface area contributed by atoms with Gasteiger partial charge in [-0.05, 0) is 28.0 Å². The molecule has 1 N–H and O–H groups in total. The van der Waals surface area contributed by atoms with Gasteiger partial charge in [0.25, 0.3) is 0 Å². The third-order valence-corrected chi connectivity index (χ3v) is 3.76. The lowest BCUT2D eigenvalue weighted by molar-refractivity contribution is 0.155. The predicted octanol–water partition coefficient (Wildman–Crippen LogP) is 4.37. The van der Waals surface area contributed by atoms with Crippen LogP contribution in [0.3, 0.4) is 0 Å². The van der Waals surface area contributed by atoms with E-state index in [4.69, 9.17) is 6.42 Å². The molecule has 22 heavy (non-hydrogen) atoms. The summed E-state index contributed by atoms with van der Waals surface area (Å²) in [6.45, 7) is 0. The Kier molecular flexibility index (Phi) is 3.78. The molecule has 3 aromatic carbocycles. The van der Waals surface area contributed by atoms with Gasteiger partial charge in [0, 0.05) is 0 Å². The van der Waals surface area contributed by atoms with Crippen LogP contribution in [0.25, 0.3) is 16.8 Å². The Balaban J connectivity index is 2.04. The molecular formula is C21H16O. The number of hydrogen-bond acceptors (Lipinski definition) is 1. The molecule has 0 spiro atoms. The summed E-state index contributed by atoms with van der Waals surface area (Å²) < 4.78 is 0. The Morgan fingerprint density at radius 1 is 0.864 bits per heavy atom. The van der Waals surface area contributed by atoms with E-state index in [1.807, 2.05) is 60.7 Å². The van der Waals surface area contributed by atoms with Crippen molar-refractivity contribution in [2.45, 2.75) is 5.60 Å². The quantitative estimate of drug-likeness (QED) is 0.708. The second-order valence-electron chi connectivity index (χ2n) is 5.18. The van der Waals surface area contributed by atoms with Crippen molar-refractivity contribution in [3.05, 3.63) is 90.0 Å². The molecule has 0 aliphatic carbocycles. The average molecular weight is 284 g/mol. The topological polar surface area (TPSA) is 20.2 Å². The van der Waals surface area contributed by atoms with Crippen LogP contribution >= 0.6 is 0 Å². The van der Waals surface area contributed by atoms with Crippen molar-refractivity contribution in [1.29, 1.82) is 0 Å². The van der Waals surface area contributed by atoms with Crippen LogP contribution in [0.15, 0.2) is 78.9 Å². The van der Waals surface area contributed by atoms with E-state index in [1.54, 1.807) is 6.08 Å². The molecule has 106 valence electrons. The molecule has 0 amide bonds. The Morgan fingerprint density at radius 2 is 1.55 bits per heavy atom. The van der Waals surface area contributed by atoms with E-state index in [0.29, 0.717) is 5.56 Å². The van der Waals surface area contributed by atoms with Crippen LogP contribution in [-0.4, -0.2) is 5.11 Å². The first kappa shape index (κ1) is 14.1. The molecular weight excluding hydrogens is 268 g/mol. The van der Waals surface area contributed by atoms with Gasteiger partial charge in [0.2, 0.25) is 0 Å². The van der Waals surface area contributed by atoms with Crippen molar-refractivity contribution < 1.29 is 5.11 Å². The van der Waals surface area contributed by atoms with Crippen molar-refractivity contribution in [1.82, 2.24) is 0 Å². The van der Waals surface area contributed by atoms with Gasteiger partial charge in [-0.1, -0.05) is 84.8 Å². The lowest BCUT2D eigenvalue weighted by Gasteiger charge is -2.18. The zero-order valence-corrected chi connectivity index (χ0v) is 12.1. The molecule has 0 saturated heterocycles. The fourth-order valence-corrected chi connectivity index (χ4v) is 2.53. The van der Waals surface area contributed by atoms with Crippen LogP contribution in [0.1, 0.15) is 11.1 Å². The van der Waals surface area contributed by atoms with Crippen LogP contribution in [0.2, 0.25) is 0 Å². The van der Waals surface area contributed by atoms with Crippen LogP contribution in [-0.2, 0) is 5.60 Å². The molecule has 1 nitrogen and oxygen atoms in total. The van der Waals surface area contributed by atoms with E-state index in [2.05, 4.69) is 24.1 Å². The van der Waals surface area contributed by atoms with E-state index in [0.717, 1.165) is 16.3 Å². The summed E-state index contributed by atoms with van der Waals surface area (Å²) in [5.74, 6) is 2.48.